The van der Waals surface area contributed by atoms with Crippen molar-refractivity contribution in [2.24, 2.45) is 10.9 Å². The molecule has 1 N–H and O–H groups in total. The smallest absolute Gasteiger partial charge is 0.241 e. The molecule has 2 heterocycles. The van der Waals surface area contributed by atoms with Crippen molar-refractivity contribution >= 4 is 22.9 Å². The first kappa shape index (κ1) is 17.6. The Morgan fingerprint density at radius 3 is 2.78 bits per heavy atom. The van der Waals surface area contributed by atoms with E-state index in [9.17, 15) is 4.39 Å². The van der Waals surface area contributed by atoms with Crippen LogP contribution in [0, 0.1) is 18.7 Å². The van der Waals surface area contributed by atoms with Gasteiger partial charge >= 0.3 is 0 Å². The van der Waals surface area contributed by atoms with E-state index in [0.29, 0.717) is 17.7 Å². The number of hydrogen-bond donors (Lipinski definition) is 1. The lowest BCUT2D eigenvalue weighted by Gasteiger charge is -2.12. The van der Waals surface area contributed by atoms with Gasteiger partial charge in [0.25, 0.3) is 0 Å². The number of hydrogen-bond acceptors (Lipinski definition) is 4. The molecule has 4 rings (SSSR count). The summed E-state index contributed by atoms with van der Waals surface area (Å²) >= 11 is 0. The van der Waals surface area contributed by atoms with E-state index < -0.39 is 0 Å². The summed E-state index contributed by atoms with van der Waals surface area (Å²) in [6.45, 7) is 7.77. The molecule has 0 spiro atoms. The van der Waals surface area contributed by atoms with E-state index in [1.165, 1.54) is 18.9 Å². The molecule has 1 unspecified atom stereocenters. The predicted octanol–water partition coefficient (Wildman–Crippen LogP) is 5.17. The zero-order chi connectivity index (χ0) is 19.1. The second-order valence-electron chi connectivity index (χ2n) is 7.59. The second kappa shape index (κ2) is 6.76. The van der Waals surface area contributed by atoms with Crippen LogP contribution in [0.5, 0.6) is 0 Å². The van der Waals surface area contributed by atoms with Gasteiger partial charge in [0.05, 0.1) is 11.7 Å². The molecule has 27 heavy (non-hydrogen) atoms. The molecule has 1 aromatic carbocycles. The van der Waals surface area contributed by atoms with E-state index in [1.54, 1.807) is 10.7 Å². The monoisotopic (exact) mass is 365 g/mol. The van der Waals surface area contributed by atoms with Gasteiger partial charge in [-0.05, 0) is 75.8 Å². The fourth-order valence-corrected chi connectivity index (χ4v) is 3.39. The van der Waals surface area contributed by atoms with E-state index in [1.807, 2.05) is 39.1 Å². The largest absolute Gasteiger partial charge is 0.350 e. The summed E-state index contributed by atoms with van der Waals surface area (Å²) in [5.41, 5.74) is 4.59. The number of nitrogens with one attached hydrogen (secondary N) is 1. The number of anilines is 1. The first-order valence-electron chi connectivity index (χ1n) is 9.35. The first-order valence-corrected chi connectivity index (χ1v) is 9.35. The van der Waals surface area contributed by atoms with Crippen molar-refractivity contribution in [2.75, 3.05) is 5.32 Å². The molecule has 0 amide bonds. The van der Waals surface area contributed by atoms with Gasteiger partial charge in [-0.3, -0.25) is 4.99 Å². The van der Waals surface area contributed by atoms with Crippen LogP contribution in [0.4, 0.5) is 16.0 Å². The summed E-state index contributed by atoms with van der Waals surface area (Å²) < 4.78 is 16.4. The molecular formula is C21H24FN5. The van der Waals surface area contributed by atoms with Crippen molar-refractivity contribution in [2.45, 2.75) is 46.6 Å². The Hall–Kier alpha value is -2.76. The molecule has 0 radical (unpaired) electrons. The molecule has 3 aromatic rings. The highest BCUT2D eigenvalue weighted by molar-refractivity contribution is 5.85. The van der Waals surface area contributed by atoms with Gasteiger partial charge in [0.1, 0.15) is 11.5 Å². The maximum atomic E-state index is 14.6. The third-order valence-corrected chi connectivity index (χ3v) is 5.00. The zero-order valence-corrected chi connectivity index (χ0v) is 16.1. The van der Waals surface area contributed by atoms with E-state index in [4.69, 9.17) is 0 Å². The molecule has 0 bridgehead atoms. The zero-order valence-electron chi connectivity index (χ0n) is 16.1. The van der Waals surface area contributed by atoms with Crippen molar-refractivity contribution in [3.63, 3.8) is 0 Å². The van der Waals surface area contributed by atoms with Crippen LogP contribution < -0.4 is 5.32 Å². The van der Waals surface area contributed by atoms with Crippen LogP contribution in [-0.4, -0.2) is 26.4 Å². The topological polar surface area (TPSA) is 54.6 Å². The molecule has 5 nitrogen and oxygen atoms in total. The van der Waals surface area contributed by atoms with Gasteiger partial charge in [0.15, 0.2) is 0 Å². The molecule has 1 aliphatic carbocycles. The number of benzene rings is 1. The molecule has 0 saturated heterocycles. The minimum atomic E-state index is -0.317. The summed E-state index contributed by atoms with van der Waals surface area (Å²) in [5, 5.41) is 7.92. The van der Waals surface area contributed by atoms with Crippen LogP contribution in [0.15, 0.2) is 35.6 Å². The Balaban J connectivity index is 1.69. The van der Waals surface area contributed by atoms with Crippen molar-refractivity contribution in [1.29, 1.82) is 0 Å². The standard InChI is InChI=1S/C21H24FN5/c1-12(2)24-20-13(3)9-16(10-18(20)22)17-7-8-27-19(17)11-23-21(26-27)25-14(4)15-5-6-15/h7-11,14-15H,5-6H2,1-4H3,(H,25,26). The first-order chi connectivity index (χ1) is 12.9. The number of aliphatic imine (C=N–C) groups is 1. The highest BCUT2D eigenvalue weighted by Crippen LogP contribution is 2.34. The molecule has 1 fully saturated rings. The van der Waals surface area contributed by atoms with E-state index in [0.717, 1.165) is 33.8 Å². The van der Waals surface area contributed by atoms with Crippen LogP contribution in [0.3, 0.4) is 0 Å². The lowest BCUT2D eigenvalue weighted by molar-refractivity contribution is 0.629. The Morgan fingerprint density at radius 1 is 1.33 bits per heavy atom. The van der Waals surface area contributed by atoms with Crippen molar-refractivity contribution in [3.05, 3.63) is 42.0 Å². The number of nitrogens with zero attached hydrogens (tertiary/aromatic N) is 4. The van der Waals surface area contributed by atoms with Crippen molar-refractivity contribution in [1.82, 2.24) is 14.6 Å². The minimum Gasteiger partial charge on any atom is -0.350 e. The van der Waals surface area contributed by atoms with E-state index in [2.05, 4.69) is 27.3 Å². The second-order valence-corrected chi connectivity index (χ2v) is 7.59. The number of aryl methyl sites for hydroxylation is 1. The lowest BCUT2D eigenvalue weighted by Crippen LogP contribution is -2.19. The summed E-state index contributed by atoms with van der Waals surface area (Å²) in [4.78, 5) is 8.76. The molecule has 6 heteroatoms. The van der Waals surface area contributed by atoms with Gasteiger partial charge in [-0.15, -0.1) is 5.10 Å². The highest BCUT2D eigenvalue weighted by Gasteiger charge is 2.28. The van der Waals surface area contributed by atoms with E-state index in [-0.39, 0.29) is 5.82 Å². The van der Waals surface area contributed by atoms with Crippen LogP contribution in [0.25, 0.3) is 16.6 Å². The number of halogens is 1. The van der Waals surface area contributed by atoms with Crippen molar-refractivity contribution < 1.29 is 4.39 Å². The molecule has 0 aliphatic heterocycles. The molecule has 1 saturated carbocycles. The summed E-state index contributed by atoms with van der Waals surface area (Å²) in [7, 11) is 0. The predicted molar refractivity (Wildman–Crippen MR) is 107 cm³/mol. The molecule has 1 atom stereocenters. The van der Waals surface area contributed by atoms with Gasteiger partial charge < -0.3 is 5.32 Å². The quantitative estimate of drug-likeness (QED) is 0.635. The van der Waals surface area contributed by atoms with Crippen LogP contribution >= 0.6 is 0 Å². The molecule has 2 aromatic heterocycles. The molecular weight excluding hydrogens is 341 g/mol. The maximum Gasteiger partial charge on any atom is 0.241 e. The number of rotatable bonds is 5. The Kier molecular flexibility index (Phi) is 4.42. The van der Waals surface area contributed by atoms with E-state index >= 15 is 0 Å². The van der Waals surface area contributed by atoms with Gasteiger partial charge in [0, 0.05) is 23.5 Å². The molecule has 140 valence electrons. The Labute approximate surface area is 158 Å². The van der Waals surface area contributed by atoms with Crippen LogP contribution in [0.1, 0.15) is 39.2 Å². The fourth-order valence-electron chi connectivity index (χ4n) is 3.39. The van der Waals surface area contributed by atoms with Gasteiger partial charge in [-0.2, -0.15) is 0 Å². The maximum absolute atomic E-state index is 14.6. The molecule has 1 aliphatic rings. The number of fused-ring (bicyclic) bond motifs is 1. The van der Waals surface area contributed by atoms with Crippen LogP contribution in [-0.2, 0) is 0 Å². The van der Waals surface area contributed by atoms with Gasteiger partial charge in [0.2, 0.25) is 5.95 Å². The minimum absolute atomic E-state index is 0.317. The summed E-state index contributed by atoms with van der Waals surface area (Å²) in [5.74, 6) is 1.03. The third kappa shape index (κ3) is 3.56. The average molecular weight is 365 g/mol. The average Bonchev–Trinajstić information content (AvgIpc) is 3.38. The highest BCUT2D eigenvalue weighted by atomic mass is 19.1. The Morgan fingerprint density at radius 2 is 2.11 bits per heavy atom. The normalized spacial score (nSPS) is 15.0. The van der Waals surface area contributed by atoms with Gasteiger partial charge in [-0.25, -0.2) is 13.9 Å². The van der Waals surface area contributed by atoms with Gasteiger partial charge in [-0.1, -0.05) is 0 Å². The summed E-state index contributed by atoms with van der Waals surface area (Å²) in [6.07, 6.45) is 6.22. The SMILES string of the molecule is CC(C)=Nc1c(C)cc(-c2ccn3nc(NC(C)C4CC4)ncc23)cc1F. The van der Waals surface area contributed by atoms with Crippen LogP contribution in [0.2, 0.25) is 0 Å². The third-order valence-electron chi connectivity index (χ3n) is 5.00. The lowest BCUT2D eigenvalue weighted by atomic mass is 10.0. The fraction of sp³-hybridized carbons (Fsp3) is 0.381. The number of aromatic nitrogens is 3. The summed E-state index contributed by atoms with van der Waals surface area (Å²) in [6, 6.07) is 5.82. The Bertz CT molecular complexity index is 1010. The van der Waals surface area contributed by atoms with Crippen molar-refractivity contribution in [3.8, 4) is 11.1 Å².